The van der Waals surface area contributed by atoms with Crippen molar-refractivity contribution in [2.45, 2.75) is 38.5 Å². The Balaban J connectivity index is 1.78. The van der Waals surface area contributed by atoms with Crippen LogP contribution in [0.1, 0.15) is 46.9 Å². The van der Waals surface area contributed by atoms with E-state index in [0.29, 0.717) is 29.7 Å². The summed E-state index contributed by atoms with van der Waals surface area (Å²) in [5.74, 6) is -1.14. The van der Waals surface area contributed by atoms with E-state index < -0.39 is 11.9 Å². The molecular formula is C23H22FNO3S. The van der Waals surface area contributed by atoms with Gasteiger partial charge in [0.05, 0.1) is 18.6 Å². The molecule has 0 fully saturated rings. The molecule has 0 spiro atoms. The Labute approximate surface area is 173 Å². The molecule has 0 unspecified atom stereocenters. The maximum atomic E-state index is 13.3. The number of benzene rings is 1. The Bertz CT molecular complexity index is 1050. The number of Topliss-reactive ketones (excluding diaryl/α,β-unsaturated/α-hetero) is 1. The van der Waals surface area contributed by atoms with Crippen molar-refractivity contribution in [2.24, 2.45) is 0 Å². The van der Waals surface area contributed by atoms with Gasteiger partial charge >= 0.3 is 5.97 Å². The molecule has 2 aromatic rings. The van der Waals surface area contributed by atoms with Gasteiger partial charge in [-0.2, -0.15) is 0 Å². The molecule has 1 N–H and O–H groups in total. The number of carbonyl (C=O) groups excluding carboxylic acids is 2. The Kier molecular flexibility index (Phi) is 5.13. The van der Waals surface area contributed by atoms with E-state index in [0.717, 1.165) is 21.0 Å². The predicted octanol–water partition coefficient (Wildman–Crippen LogP) is 4.73. The minimum Gasteiger partial charge on any atom is -0.466 e. The van der Waals surface area contributed by atoms with Gasteiger partial charge in [-0.3, -0.25) is 4.79 Å². The van der Waals surface area contributed by atoms with E-state index in [4.69, 9.17) is 4.74 Å². The monoisotopic (exact) mass is 411 g/mol. The van der Waals surface area contributed by atoms with Gasteiger partial charge in [0, 0.05) is 33.1 Å². The first kappa shape index (κ1) is 19.6. The van der Waals surface area contributed by atoms with Gasteiger partial charge in [-0.25, -0.2) is 9.18 Å². The molecular weight excluding hydrogens is 389 g/mol. The van der Waals surface area contributed by atoms with Gasteiger partial charge in [0.1, 0.15) is 5.82 Å². The molecule has 4 nitrogen and oxygen atoms in total. The molecule has 150 valence electrons. The quantitative estimate of drug-likeness (QED) is 0.742. The lowest BCUT2D eigenvalue weighted by atomic mass is 9.73. The van der Waals surface area contributed by atoms with Crippen LogP contribution in [0.2, 0.25) is 0 Å². The van der Waals surface area contributed by atoms with E-state index in [9.17, 15) is 14.0 Å². The summed E-state index contributed by atoms with van der Waals surface area (Å²) >= 11 is 1.59. The molecule has 0 saturated heterocycles. The van der Waals surface area contributed by atoms with Gasteiger partial charge in [0.15, 0.2) is 5.78 Å². The molecule has 6 heteroatoms. The van der Waals surface area contributed by atoms with Crippen molar-refractivity contribution >= 4 is 23.1 Å². The summed E-state index contributed by atoms with van der Waals surface area (Å²) in [7, 11) is 1.36. The fourth-order valence-corrected chi connectivity index (χ4v) is 5.28. The number of halogens is 1. The first-order chi connectivity index (χ1) is 13.9. The van der Waals surface area contributed by atoms with E-state index in [1.54, 1.807) is 23.5 Å². The van der Waals surface area contributed by atoms with E-state index >= 15 is 0 Å². The number of aryl methyl sites for hydroxylation is 1. The third-order valence-corrected chi connectivity index (χ3v) is 6.69. The molecule has 0 saturated carbocycles. The standard InChI is InChI=1S/C23H22FNO3S/c1-12-4-9-19(29-12)22-20(23(27)28-3)13(2)25-17-10-15(11-18(26)21(17)22)14-5-7-16(24)8-6-14/h4-9,15,22,25H,10-11H2,1-3H3/t15-,22+/m1/s1. The van der Waals surface area contributed by atoms with E-state index in [1.807, 2.05) is 26.0 Å². The second-order valence-electron chi connectivity index (χ2n) is 7.51. The van der Waals surface area contributed by atoms with E-state index in [1.165, 1.54) is 19.2 Å². The molecule has 4 rings (SSSR count). The Morgan fingerprint density at radius 2 is 1.86 bits per heavy atom. The first-order valence-electron chi connectivity index (χ1n) is 9.53. The summed E-state index contributed by atoms with van der Waals surface area (Å²) in [5.41, 5.74) is 3.63. The van der Waals surface area contributed by atoms with Gasteiger partial charge < -0.3 is 10.1 Å². The van der Waals surface area contributed by atoms with Crippen LogP contribution >= 0.6 is 11.3 Å². The number of thiophene rings is 1. The highest BCUT2D eigenvalue weighted by molar-refractivity contribution is 7.12. The largest absolute Gasteiger partial charge is 0.466 e. The zero-order chi connectivity index (χ0) is 20.7. The van der Waals surface area contributed by atoms with Gasteiger partial charge in [0.25, 0.3) is 0 Å². The van der Waals surface area contributed by atoms with Crippen LogP contribution in [-0.4, -0.2) is 18.9 Å². The second-order valence-corrected chi connectivity index (χ2v) is 8.83. The number of ketones is 1. The van der Waals surface area contributed by atoms with Crippen molar-refractivity contribution in [1.82, 2.24) is 5.32 Å². The van der Waals surface area contributed by atoms with Crippen LogP contribution in [0.5, 0.6) is 0 Å². The predicted molar refractivity (Wildman–Crippen MR) is 110 cm³/mol. The van der Waals surface area contributed by atoms with Crippen LogP contribution in [0, 0.1) is 12.7 Å². The zero-order valence-electron chi connectivity index (χ0n) is 16.5. The van der Waals surface area contributed by atoms with Crippen LogP contribution < -0.4 is 5.32 Å². The Morgan fingerprint density at radius 1 is 1.14 bits per heavy atom. The lowest BCUT2D eigenvalue weighted by Gasteiger charge is -2.36. The van der Waals surface area contributed by atoms with Crippen LogP contribution in [0.15, 0.2) is 58.9 Å². The molecule has 1 aliphatic heterocycles. The molecule has 1 aromatic carbocycles. The summed E-state index contributed by atoms with van der Waals surface area (Å²) in [6, 6.07) is 10.3. The van der Waals surface area contributed by atoms with Gasteiger partial charge in [0.2, 0.25) is 0 Å². The molecule has 2 heterocycles. The fraction of sp³-hybridized carbons (Fsp3) is 0.304. The number of esters is 1. The summed E-state index contributed by atoms with van der Waals surface area (Å²) in [5, 5.41) is 3.30. The first-order valence-corrected chi connectivity index (χ1v) is 10.3. The van der Waals surface area contributed by atoms with Crippen LogP contribution in [0.3, 0.4) is 0 Å². The van der Waals surface area contributed by atoms with Crippen molar-refractivity contribution in [3.63, 3.8) is 0 Å². The molecule has 0 radical (unpaired) electrons. The fourth-order valence-electron chi connectivity index (χ4n) is 4.28. The van der Waals surface area contributed by atoms with Gasteiger partial charge in [-0.15, -0.1) is 11.3 Å². The third kappa shape index (κ3) is 3.53. The number of ether oxygens (including phenoxy) is 1. The zero-order valence-corrected chi connectivity index (χ0v) is 17.4. The van der Waals surface area contributed by atoms with Gasteiger partial charge in [-0.05, 0) is 56.0 Å². The lowest BCUT2D eigenvalue weighted by Crippen LogP contribution is -2.35. The van der Waals surface area contributed by atoms with Crippen LogP contribution in [-0.2, 0) is 14.3 Å². The lowest BCUT2D eigenvalue weighted by molar-refractivity contribution is -0.136. The summed E-state index contributed by atoms with van der Waals surface area (Å²) in [6.45, 7) is 3.85. The average Bonchev–Trinajstić information content (AvgIpc) is 3.12. The molecule has 2 atom stereocenters. The molecule has 0 amide bonds. The Morgan fingerprint density at radius 3 is 2.48 bits per heavy atom. The maximum Gasteiger partial charge on any atom is 0.336 e. The molecule has 1 aromatic heterocycles. The Hall–Kier alpha value is -2.73. The second kappa shape index (κ2) is 7.59. The van der Waals surface area contributed by atoms with Crippen molar-refractivity contribution < 1.29 is 18.7 Å². The van der Waals surface area contributed by atoms with Crippen molar-refractivity contribution in [3.05, 3.63) is 80.1 Å². The third-order valence-electron chi connectivity index (χ3n) is 5.62. The minimum absolute atomic E-state index is 0.0121. The molecule has 1 aliphatic carbocycles. The smallest absolute Gasteiger partial charge is 0.336 e. The molecule has 2 aliphatic rings. The van der Waals surface area contributed by atoms with E-state index in [-0.39, 0.29) is 17.5 Å². The summed E-state index contributed by atoms with van der Waals surface area (Å²) in [6.07, 6.45) is 0.972. The number of rotatable bonds is 3. The van der Waals surface area contributed by atoms with Crippen molar-refractivity contribution in [1.29, 1.82) is 0 Å². The number of hydrogen-bond donors (Lipinski definition) is 1. The topological polar surface area (TPSA) is 55.4 Å². The number of methoxy groups -OCH3 is 1. The SMILES string of the molecule is COC(=O)C1=C(C)NC2=C(C(=O)C[C@H](c3ccc(F)cc3)C2)[C@H]1c1ccc(C)s1. The molecule has 29 heavy (non-hydrogen) atoms. The normalized spacial score (nSPS) is 21.7. The number of dihydropyridines is 1. The maximum absolute atomic E-state index is 13.3. The number of allylic oxidation sites excluding steroid dienone is 3. The highest BCUT2D eigenvalue weighted by Gasteiger charge is 2.41. The highest BCUT2D eigenvalue weighted by atomic mass is 32.1. The van der Waals surface area contributed by atoms with Gasteiger partial charge in [-0.1, -0.05) is 12.1 Å². The van der Waals surface area contributed by atoms with Crippen LogP contribution in [0.4, 0.5) is 4.39 Å². The van der Waals surface area contributed by atoms with Crippen molar-refractivity contribution in [2.75, 3.05) is 7.11 Å². The van der Waals surface area contributed by atoms with E-state index in [2.05, 4.69) is 5.32 Å². The summed E-state index contributed by atoms with van der Waals surface area (Å²) < 4.78 is 18.3. The number of hydrogen-bond acceptors (Lipinski definition) is 5. The number of nitrogens with one attached hydrogen (secondary N) is 1. The average molecular weight is 411 g/mol. The number of carbonyl (C=O) groups is 2. The highest BCUT2D eigenvalue weighted by Crippen LogP contribution is 2.47. The molecule has 0 bridgehead atoms. The van der Waals surface area contributed by atoms with Crippen molar-refractivity contribution in [3.8, 4) is 0 Å². The minimum atomic E-state index is -0.425. The summed E-state index contributed by atoms with van der Waals surface area (Å²) in [4.78, 5) is 28.0. The van der Waals surface area contributed by atoms with Crippen LogP contribution in [0.25, 0.3) is 0 Å².